The van der Waals surface area contributed by atoms with Gasteiger partial charge in [0.2, 0.25) is 0 Å². The first-order valence-electron chi connectivity index (χ1n) is 17.5. The van der Waals surface area contributed by atoms with Crippen LogP contribution in [0.1, 0.15) is 151 Å². The molecule has 1 atom stereocenters. The lowest BCUT2D eigenvalue weighted by atomic mass is 9.72. The molecule has 44 heavy (non-hydrogen) atoms. The minimum atomic E-state index is -0.536. The van der Waals surface area contributed by atoms with E-state index in [4.69, 9.17) is 9.47 Å². The number of unbranched alkanes of at least 4 members (excludes halogenated alkanes) is 12. The molecule has 0 saturated heterocycles. The molecule has 0 aromatic carbocycles. The molecule has 0 bridgehead atoms. The number of carbonyl (C=O) groups excluding carboxylic acids is 2. The quantitative estimate of drug-likeness (QED) is 0.0402. The van der Waals surface area contributed by atoms with Crippen LogP contribution >= 0.6 is 12.6 Å². The van der Waals surface area contributed by atoms with E-state index in [9.17, 15) is 9.59 Å². The van der Waals surface area contributed by atoms with Crippen molar-refractivity contribution in [2.24, 2.45) is 5.41 Å². The molecule has 0 aliphatic heterocycles. The van der Waals surface area contributed by atoms with Crippen LogP contribution in [0.15, 0.2) is 58.7 Å². The Balaban J connectivity index is 2.26. The number of rotatable bonds is 23. The Morgan fingerprint density at radius 3 is 2.05 bits per heavy atom. The van der Waals surface area contributed by atoms with Gasteiger partial charge in [-0.05, 0) is 63.0 Å². The average Bonchev–Trinajstić information content (AvgIpc) is 2.97. The van der Waals surface area contributed by atoms with Gasteiger partial charge in [-0.1, -0.05) is 139 Å². The second kappa shape index (κ2) is 24.3. The van der Waals surface area contributed by atoms with Gasteiger partial charge >= 0.3 is 11.9 Å². The highest BCUT2D eigenvalue weighted by Gasteiger charge is 2.26. The molecule has 0 fully saturated rings. The van der Waals surface area contributed by atoms with Gasteiger partial charge in [-0.3, -0.25) is 4.79 Å². The summed E-state index contributed by atoms with van der Waals surface area (Å²) in [6.45, 7) is 13.1. The van der Waals surface area contributed by atoms with Gasteiger partial charge in [0.05, 0.1) is 0 Å². The lowest BCUT2D eigenvalue weighted by Gasteiger charge is -2.32. The molecule has 0 aromatic rings. The van der Waals surface area contributed by atoms with Crippen molar-refractivity contribution in [1.82, 2.24) is 0 Å². The zero-order valence-electron chi connectivity index (χ0n) is 29.1. The molecule has 0 saturated carbocycles. The van der Waals surface area contributed by atoms with Crippen LogP contribution < -0.4 is 0 Å². The number of esters is 2. The number of hydrogen-bond donors (Lipinski definition) is 1. The van der Waals surface area contributed by atoms with Crippen molar-refractivity contribution in [2.45, 2.75) is 157 Å². The summed E-state index contributed by atoms with van der Waals surface area (Å²) < 4.78 is 10.8. The molecule has 250 valence electrons. The summed E-state index contributed by atoms with van der Waals surface area (Å²) in [5.41, 5.74) is 5.10. The largest absolute Gasteiger partial charge is 0.459 e. The van der Waals surface area contributed by atoms with Gasteiger partial charge < -0.3 is 9.47 Å². The van der Waals surface area contributed by atoms with Crippen molar-refractivity contribution in [1.29, 1.82) is 0 Å². The molecule has 0 unspecified atom stereocenters. The summed E-state index contributed by atoms with van der Waals surface area (Å²) in [5.74, 6) is -0.382. The maximum atomic E-state index is 12.3. The van der Waals surface area contributed by atoms with Crippen molar-refractivity contribution in [2.75, 3.05) is 12.4 Å². The first-order chi connectivity index (χ1) is 21.1. The Hall–Kier alpha value is -2.01. The van der Waals surface area contributed by atoms with E-state index in [0.717, 1.165) is 24.0 Å². The predicted molar refractivity (Wildman–Crippen MR) is 191 cm³/mol. The number of hydrogen-bond acceptors (Lipinski definition) is 5. The van der Waals surface area contributed by atoms with E-state index < -0.39 is 12.1 Å². The van der Waals surface area contributed by atoms with E-state index >= 15 is 0 Å². The number of thiol groups is 1. The van der Waals surface area contributed by atoms with Crippen molar-refractivity contribution < 1.29 is 19.1 Å². The maximum Gasteiger partial charge on any atom is 0.331 e. The Morgan fingerprint density at radius 1 is 0.886 bits per heavy atom. The Bertz CT molecular complexity index is 982. The summed E-state index contributed by atoms with van der Waals surface area (Å²) in [6, 6.07) is 0. The molecule has 5 heteroatoms. The van der Waals surface area contributed by atoms with Gasteiger partial charge in [0.15, 0.2) is 0 Å². The molecule has 0 amide bonds. The van der Waals surface area contributed by atoms with E-state index in [1.165, 1.54) is 107 Å². The SMILES string of the molecule is CCCCCCCCCCCCCCCC(=O)O[C@H](CS)COC(=O)/C=C(C)/C=C/C=C(C)/C=C/C1=C(C)CCCC1(C)C. The number of carbonyl (C=O) groups is 2. The summed E-state index contributed by atoms with van der Waals surface area (Å²) >= 11 is 4.28. The Kier molecular flexibility index (Phi) is 22.1. The highest BCUT2D eigenvalue weighted by molar-refractivity contribution is 7.80. The van der Waals surface area contributed by atoms with Crippen LogP contribution in [-0.2, 0) is 19.1 Å². The van der Waals surface area contributed by atoms with Crippen LogP contribution in [0.2, 0.25) is 0 Å². The Morgan fingerprint density at radius 2 is 1.48 bits per heavy atom. The average molecular weight is 629 g/mol. The third kappa shape index (κ3) is 19.4. The third-order valence-electron chi connectivity index (χ3n) is 8.52. The molecule has 1 aliphatic carbocycles. The van der Waals surface area contributed by atoms with Crippen LogP contribution in [0.4, 0.5) is 0 Å². The number of allylic oxidation sites excluding steroid dienone is 9. The molecule has 0 heterocycles. The zero-order chi connectivity index (χ0) is 32.6. The maximum absolute atomic E-state index is 12.3. The highest BCUT2D eigenvalue weighted by atomic mass is 32.1. The summed E-state index contributed by atoms with van der Waals surface area (Å²) in [6.07, 6.45) is 31.8. The van der Waals surface area contributed by atoms with Gasteiger partial charge in [-0.2, -0.15) is 12.6 Å². The molecule has 4 nitrogen and oxygen atoms in total. The summed E-state index contributed by atoms with van der Waals surface area (Å²) in [4.78, 5) is 24.6. The highest BCUT2D eigenvalue weighted by Crippen LogP contribution is 2.40. The van der Waals surface area contributed by atoms with Gasteiger partial charge in [-0.25, -0.2) is 4.79 Å². The van der Waals surface area contributed by atoms with E-state index in [0.29, 0.717) is 12.2 Å². The van der Waals surface area contributed by atoms with E-state index in [-0.39, 0.29) is 18.0 Å². The standard InChI is InChI=1S/C39H64O4S/c1-7-8-9-10-11-12-13-14-15-16-17-18-19-25-37(40)43-35(31-44)30-42-38(41)29-33(3)23-20-22-32(2)26-27-36-34(4)24-21-28-39(36,5)6/h20,22-23,26-27,29,35,44H,7-19,21,24-25,28,30-31H2,1-6H3/b23-20+,27-26+,32-22+,33-29+/t35-/m0/s1. The second-order valence-electron chi connectivity index (χ2n) is 13.3. The van der Waals surface area contributed by atoms with Crippen LogP contribution in [0.3, 0.4) is 0 Å². The van der Waals surface area contributed by atoms with E-state index in [2.05, 4.69) is 59.4 Å². The first-order valence-corrected chi connectivity index (χ1v) is 18.1. The minimum Gasteiger partial charge on any atom is -0.459 e. The van der Waals surface area contributed by atoms with Crippen LogP contribution in [-0.4, -0.2) is 30.4 Å². The van der Waals surface area contributed by atoms with Crippen molar-refractivity contribution in [3.8, 4) is 0 Å². The lowest BCUT2D eigenvalue weighted by Crippen LogP contribution is -2.26. The predicted octanol–water partition coefficient (Wildman–Crippen LogP) is 11.4. The number of ether oxygens (including phenoxy) is 2. The van der Waals surface area contributed by atoms with Gasteiger partial charge in [0.1, 0.15) is 12.7 Å². The fourth-order valence-electron chi connectivity index (χ4n) is 5.74. The molecular formula is C39H64O4S. The summed E-state index contributed by atoms with van der Waals surface area (Å²) in [5, 5.41) is 0. The van der Waals surface area contributed by atoms with E-state index in [1.807, 2.05) is 25.2 Å². The fraction of sp³-hybridized carbons (Fsp3) is 0.692. The van der Waals surface area contributed by atoms with Crippen molar-refractivity contribution in [3.05, 3.63) is 58.7 Å². The smallest absolute Gasteiger partial charge is 0.331 e. The Labute approximate surface area is 276 Å². The first kappa shape index (κ1) is 40.0. The van der Waals surface area contributed by atoms with Gasteiger partial charge in [-0.15, -0.1) is 0 Å². The van der Waals surface area contributed by atoms with Crippen LogP contribution in [0, 0.1) is 5.41 Å². The molecule has 0 N–H and O–H groups in total. The normalized spacial score (nSPS) is 16.6. The topological polar surface area (TPSA) is 52.6 Å². The van der Waals surface area contributed by atoms with Crippen LogP contribution in [0.25, 0.3) is 0 Å². The van der Waals surface area contributed by atoms with Gasteiger partial charge in [0, 0.05) is 18.2 Å². The molecular weight excluding hydrogens is 564 g/mol. The second-order valence-corrected chi connectivity index (χ2v) is 13.7. The van der Waals surface area contributed by atoms with Crippen LogP contribution in [0.5, 0.6) is 0 Å². The zero-order valence-corrected chi connectivity index (χ0v) is 30.0. The molecule has 0 radical (unpaired) electrons. The van der Waals surface area contributed by atoms with Crippen molar-refractivity contribution in [3.63, 3.8) is 0 Å². The van der Waals surface area contributed by atoms with Gasteiger partial charge in [0.25, 0.3) is 0 Å². The molecule has 0 aromatic heterocycles. The monoisotopic (exact) mass is 628 g/mol. The third-order valence-corrected chi connectivity index (χ3v) is 8.92. The molecule has 1 rings (SSSR count). The lowest BCUT2D eigenvalue weighted by molar-refractivity contribution is -0.155. The van der Waals surface area contributed by atoms with E-state index in [1.54, 1.807) is 0 Å². The molecule has 1 aliphatic rings. The minimum absolute atomic E-state index is 0.00952. The fourth-order valence-corrected chi connectivity index (χ4v) is 5.92. The molecule has 0 spiro atoms. The summed E-state index contributed by atoms with van der Waals surface area (Å²) in [7, 11) is 0. The van der Waals surface area contributed by atoms with Crippen molar-refractivity contribution >= 4 is 24.6 Å².